The van der Waals surface area contributed by atoms with Crippen LogP contribution in [0.1, 0.15) is 32.3 Å². The molecule has 1 aromatic heterocycles. The second-order valence-electron chi connectivity index (χ2n) is 8.14. The maximum Gasteiger partial charge on any atom is 0.191 e. The van der Waals surface area contributed by atoms with Gasteiger partial charge in [0.2, 0.25) is 0 Å². The topological polar surface area (TPSA) is 61.8 Å². The lowest BCUT2D eigenvalue weighted by Gasteiger charge is -2.34. The molecule has 2 heterocycles. The van der Waals surface area contributed by atoms with E-state index in [1.165, 1.54) is 5.56 Å². The average molecular weight is 396 g/mol. The standard InChI is InChI=1S/C23H33N5O/c1-23(2,18-8-7-9-20(16-18)29-4)17-26-22(24-3)27-19-11-14-28(15-12-19)21-10-5-6-13-25-21/h5-10,13,16,19H,11-12,14-15,17H2,1-4H3,(H2,24,26,27). The van der Waals surface area contributed by atoms with Crippen LogP contribution in [0.25, 0.3) is 0 Å². The van der Waals surface area contributed by atoms with Gasteiger partial charge < -0.3 is 20.3 Å². The van der Waals surface area contributed by atoms with Crippen LogP contribution in [0.3, 0.4) is 0 Å². The highest BCUT2D eigenvalue weighted by Crippen LogP contribution is 2.25. The van der Waals surface area contributed by atoms with Gasteiger partial charge in [-0.3, -0.25) is 4.99 Å². The summed E-state index contributed by atoms with van der Waals surface area (Å²) < 4.78 is 5.37. The second-order valence-corrected chi connectivity index (χ2v) is 8.14. The molecule has 2 aromatic rings. The van der Waals surface area contributed by atoms with Gasteiger partial charge in [0.15, 0.2) is 5.96 Å². The number of nitrogens with one attached hydrogen (secondary N) is 2. The zero-order valence-electron chi connectivity index (χ0n) is 18.0. The largest absolute Gasteiger partial charge is 0.497 e. The smallest absolute Gasteiger partial charge is 0.191 e. The van der Waals surface area contributed by atoms with Crippen LogP contribution in [0.2, 0.25) is 0 Å². The number of aliphatic imine (C=N–C) groups is 1. The summed E-state index contributed by atoms with van der Waals surface area (Å²) in [5.41, 5.74) is 1.19. The third kappa shape index (κ3) is 5.62. The van der Waals surface area contributed by atoms with E-state index in [4.69, 9.17) is 4.74 Å². The monoisotopic (exact) mass is 395 g/mol. The van der Waals surface area contributed by atoms with E-state index >= 15 is 0 Å². The SMILES string of the molecule is CN=C(NCC(C)(C)c1cccc(OC)c1)NC1CCN(c2ccccn2)CC1. The molecule has 1 saturated heterocycles. The lowest BCUT2D eigenvalue weighted by atomic mass is 9.84. The van der Waals surface area contributed by atoms with E-state index in [9.17, 15) is 0 Å². The van der Waals surface area contributed by atoms with Crippen molar-refractivity contribution in [1.82, 2.24) is 15.6 Å². The van der Waals surface area contributed by atoms with Crippen molar-refractivity contribution in [2.45, 2.75) is 38.1 Å². The number of hydrogen-bond acceptors (Lipinski definition) is 4. The third-order valence-electron chi connectivity index (χ3n) is 5.58. The van der Waals surface area contributed by atoms with Gasteiger partial charge in [-0.15, -0.1) is 0 Å². The molecule has 156 valence electrons. The number of hydrogen-bond donors (Lipinski definition) is 2. The lowest BCUT2D eigenvalue weighted by molar-refractivity contribution is 0.411. The van der Waals surface area contributed by atoms with Crippen LogP contribution in [0.15, 0.2) is 53.7 Å². The third-order valence-corrected chi connectivity index (χ3v) is 5.58. The molecule has 3 rings (SSSR count). The van der Waals surface area contributed by atoms with E-state index in [0.717, 1.165) is 50.0 Å². The van der Waals surface area contributed by atoms with E-state index < -0.39 is 0 Å². The van der Waals surface area contributed by atoms with Crippen LogP contribution in [0.4, 0.5) is 5.82 Å². The van der Waals surface area contributed by atoms with Crippen LogP contribution in [0, 0.1) is 0 Å². The van der Waals surface area contributed by atoms with Gasteiger partial charge >= 0.3 is 0 Å². The second kappa shape index (κ2) is 9.63. The zero-order valence-corrected chi connectivity index (χ0v) is 18.0. The average Bonchev–Trinajstić information content (AvgIpc) is 2.77. The molecule has 2 N–H and O–H groups in total. The molecular weight excluding hydrogens is 362 g/mol. The van der Waals surface area contributed by atoms with E-state index in [-0.39, 0.29) is 5.41 Å². The Balaban J connectivity index is 1.51. The molecular formula is C23H33N5O. The maximum atomic E-state index is 5.37. The molecule has 0 radical (unpaired) electrons. The molecule has 0 bridgehead atoms. The summed E-state index contributed by atoms with van der Waals surface area (Å²) in [4.78, 5) is 11.2. The molecule has 0 spiro atoms. The molecule has 6 nitrogen and oxygen atoms in total. The Kier molecular flexibility index (Phi) is 6.96. The highest BCUT2D eigenvalue weighted by atomic mass is 16.5. The zero-order chi connectivity index (χ0) is 20.7. The minimum absolute atomic E-state index is 0.0471. The number of nitrogens with zero attached hydrogens (tertiary/aromatic N) is 3. The highest BCUT2D eigenvalue weighted by molar-refractivity contribution is 5.80. The molecule has 0 unspecified atom stereocenters. The first-order valence-corrected chi connectivity index (χ1v) is 10.3. The molecule has 1 aromatic carbocycles. The Morgan fingerprint density at radius 1 is 1.21 bits per heavy atom. The summed E-state index contributed by atoms with van der Waals surface area (Å²) in [6, 6.07) is 14.8. The van der Waals surface area contributed by atoms with Crippen LogP contribution >= 0.6 is 0 Å². The molecule has 1 fully saturated rings. The van der Waals surface area contributed by atoms with Crippen LogP contribution in [0.5, 0.6) is 5.75 Å². The van der Waals surface area contributed by atoms with Crippen molar-refractivity contribution in [2.75, 3.05) is 38.7 Å². The number of pyridine rings is 1. The molecule has 29 heavy (non-hydrogen) atoms. The molecule has 1 aliphatic rings. The Labute approximate surface area is 174 Å². The Morgan fingerprint density at radius 2 is 2.00 bits per heavy atom. The van der Waals surface area contributed by atoms with E-state index in [1.807, 2.05) is 37.5 Å². The number of piperidine rings is 1. The van der Waals surface area contributed by atoms with E-state index in [2.05, 4.69) is 57.6 Å². The maximum absolute atomic E-state index is 5.37. The fourth-order valence-corrected chi connectivity index (χ4v) is 3.63. The van der Waals surface area contributed by atoms with Gasteiger partial charge in [0.25, 0.3) is 0 Å². The van der Waals surface area contributed by atoms with Crippen molar-refractivity contribution in [1.29, 1.82) is 0 Å². The molecule has 0 atom stereocenters. The summed E-state index contributed by atoms with van der Waals surface area (Å²) >= 11 is 0. The predicted octanol–water partition coefficient (Wildman–Crippen LogP) is 3.20. The van der Waals surface area contributed by atoms with Gasteiger partial charge in [0.05, 0.1) is 7.11 Å². The number of benzene rings is 1. The molecule has 6 heteroatoms. The minimum atomic E-state index is -0.0471. The summed E-state index contributed by atoms with van der Waals surface area (Å²) in [6.07, 6.45) is 3.99. The van der Waals surface area contributed by atoms with E-state index in [1.54, 1.807) is 7.11 Å². The Bertz CT molecular complexity index is 798. The van der Waals surface area contributed by atoms with Gasteiger partial charge in [-0.2, -0.15) is 0 Å². The Hall–Kier alpha value is -2.76. The number of aromatic nitrogens is 1. The number of anilines is 1. The summed E-state index contributed by atoms with van der Waals surface area (Å²) in [6.45, 7) is 7.25. The summed E-state index contributed by atoms with van der Waals surface area (Å²) in [7, 11) is 3.53. The molecule has 1 aliphatic heterocycles. The Morgan fingerprint density at radius 3 is 2.66 bits per heavy atom. The van der Waals surface area contributed by atoms with Crippen LogP contribution in [-0.2, 0) is 5.41 Å². The van der Waals surface area contributed by atoms with Crippen molar-refractivity contribution in [3.05, 3.63) is 54.2 Å². The van der Waals surface area contributed by atoms with Crippen molar-refractivity contribution in [2.24, 2.45) is 4.99 Å². The van der Waals surface area contributed by atoms with E-state index in [0.29, 0.717) is 6.04 Å². The number of guanidine groups is 1. The molecule has 0 aliphatic carbocycles. The normalized spacial score (nSPS) is 15.9. The predicted molar refractivity (Wildman–Crippen MR) is 120 cm³/mol. The highest BCUT2D eigenvalue weighted by Gasteiger charge is 2.24. The summed E-state index contributed by atoms with van der Waals surface area (Å²) in [5.74, 6) is 2.81. The minimum Gasteiger partial charge on any atom is -0.497 e. The van der Waals surface area contributed by atoms with Gasteiger partial charge in [-0.1, -0.05) is 32.0 Å². The van der Waals surface area contributed by atoms with Gasteiger partial charge in [0, 0.05) is 44.3 Å². The lowest BCUT2D eigenvalue weighted by Crippen LogP contribution is -2.50. The first-order valence-electron chi connectivity index (χ1n) is 10.3. The number of ether oxygens (including phenoxy) is 1. The van der Waals surface area contributed by atoms with Gasteiger partial charge in [-0.25, -0.2) is 4.98 Å². The quantitative estimate of drug-likeness (QED) is 0.581. The first kappa shape index (κ1) is 21.0. The fourth-order valence-electron chi connectivity index (χ4n) is 3.63. The van der Waals surface area contributed by atoms with Crippen LogP contribution in [-0.4, -0.2) is 50.8 Å². The fraction of sp³-hybridized carbons (Fsp3) is 0.478. The first-order chi connectivity index (χ1) is 14.0. The van der Waals surface area contributed by atoms with Crippen molar-refractivity contribution < 1.29 is 4.74 Å². The summed E-state index contributed by atoms with van der Waals surface area (Å²) in [5, 5.41) is 7.10. The number of methoxy groups -OCH3 is 1. The van der Waals surface area contributed by atoms with Crippen molar-refractivity contribution in [3.8, 4) is 5.75 Å². The molecule has 0 saturated carbocycles. The van der Waals surface area contributed by atoms with Crippen molar-refractivity contribution in [3.63, 3.8) is 0 Å². The van der Waals surface area contributed by atoms with Gasteiger partial charge in [-0.05, 0) is 42.7 Å². The van der Waals surface area contributed by atoms with Gasteiger partial charge in [0.1, 0.15) is 11.6 Å². The van der Waals surface area contributed by atoms with Crippen LogP contribution < -0.4 is 20.3 Å². The number of rotatable bonds is 6. The van der Waals surface area contributed by atoms with Crippen molar-refractivity contribution >= 4 is 11.8 Å². The molecule has 0 amide bonds.